The van der Waals surface area contributed by atoms with Crippen LogP contribution in [0.2, 0.25) is 0 Å². The summed E-state index contributed by atoms with van der Waals surface area (Å²) in [6.07, 6.45) is 0. The van der Waals surface area contributed by atoms with Crippen molar-refractivity contribution in [2.75, 3.05) is 24.3 Å². The lowest BCUT2D eigenvalue weighted by atomic mass is 10.2. The minimum absolute atomic E-state index is 0.0366. The van der Waals surface area contributed by atoms with E-state index in [4.69, 9.17) is 4.74 Å². The summed E-state index contributed by atoms with van der Waals surface area (Å²) in [5.41, 5.74) is 1.64. The zero-order chi connectivity index (χ0) is 10.8. The van der Waals surface area contributed by atoms with Crippen molar-refractivity contribution in [2.24, 2.45) is 5.92 Å². The first-order chi connectivity index (χ1) is 7.22. The smallest absolute Gasteiger partial charge is 0.229 e. The second-order valence-corrected chi connectivity index (χ2v) is 3.65. The van der Waals surface area contributed by atoms with Gasteiger partial charge in [0.15, 0.2) is 0 Å². The molecule has 0 saturated carbocycles. The number of anilines is 2. The summed E-state index contributed by atoms with van der Waals surface area (Å²) in [6.45, 7) is 2.51. The Morgan fingerprint density at radius 1 is 1.47 bits per heavy atom. The van der Waals surface area contributed by atoms with Crippen LogP contribution in [0.25, 0.3) is 0 Å². The number of hydrogen-bond acceptors (Lipinski definition) is 3. The molecule has 4 heteroatoms. The summed E-state index contributed by atoms with van der Waals surface area (Å²) in [6, 6.07) is 5.59. The average molecular weight is 206 g/mol. The molecule has 1 aliphatic heterocycles. The van der Waals surface area contributed by atoms with E-state index >= 15 is 0 Å². The van der Waals surface area contributed by atoms with E-state index in [1.165, 1.54) is 0 Å². The molecule has 2 rings (SSSR count). The lowest BCUT2D eigenvalue weighted by molar-refractivity contribution is -0.118. The molecule has 1 aliphatic rings. The van der Waals surface area contributed by atoms with Gasteiger partial charge in [0.05, 0.1) is 18.7 Å². The maximum atomic E-state index is 11.6. The van der Waals surface area contributed by atoms with Gasteiger partial charge in [0.25, 0.3) is 0 Å². The molecule has 0 radical (unpaired) electrons. The number of carbonyl (C=O) groups excluding carboxylic acids is 1. The molecule has 4 nitrogen and oxygen atoms in total. The molecule has 0 spiro atoms. The average Bonchev–Trinajstić information content (AvgIpc) is 2.39. The zero-order valence-electron chi connectivity index (χ0n) is 8.83. The highest BCUT2D eigenvalue weighted by molar-refractivity contribution is 5.98. The maximum absolute atomic E-state index is 11.6. The van der Waals surface area contributed by atoms with Crippen LogP contribution in [0, 0.1) is 5.92 Å². The van der Waals surface area contributed by atoms with E-state index in [0.717, 1.165) is 17.1 Å². The number of benzene rings is 1. The van der Waals surface area contributed by atoms with Crippen molar-refractivity contribution < 1.29 is 9.53 Å². The quantitative estimate of drug-likeness (QED) is 0.735. The minimum Gasteiger partial charge on any atom is -0.495 e. The van der Waals surface area contributed by atoms with E-state index in [1.807, 2.05) is 25.1 Å². The van der Waals surface area contributed by atoms with Crippen molar-refractivity contribution in [3.63, 3.8) is 0 Å². The van der Waals surface area contributed by atoms with Crippen molar-refractivity contribution in [1.29, 1.82) is 0 Å². The number of fused-ring (bicyclic) bond motifs is 1. The number of carbonyl (C=O) groups is 1. The number of rotatable bonds is 1. The number of methoxy groups -OCH3 is 1. The second kappa shape index (κ2) is 3.81. The summed E-state index contributed by atoms with van der Waals surface area (Å²) >= 11 is 0. The Morgan fingerprint density at radius 2 is 2.27 bits per heavy atom. The van der Waals surface area contributed by atoms with Crippen molar-refractivity contribution in [2.45, 2.75) is 6.92 Å². The predicted molar refractivity (Wildman–Crippen MR) is 59.3 cm³/mol. The molecule has 2 N–H and O–H groups in total. The fraction of sp³-hybridized carbons (Fsp3) is 0.364. The van der Waals surface area contributed by atoms with Crippen LogP contribution >= 0.6 is 0 Å². The van der Waals surface area contributed by atoms with Crippen LogP contribution < -0.4 is 15.4 Å². The molecule has 0 fully saturated rings. The molecule has 0 aromatic heterocycles. The van der Waals surface area contributed by atoms with Crippen LogP contribution in [-0.4, -0.2) is 19.6 Å². The van der Waals surface area contributed by atoms with Gasteiger partial charge in [-0.3, -0.25) is 4.79 Å². The molecule has 1 heterocycles. The molecule has 0 bridgehead atoms. The number of para-hydroxylation sites is 1. The van der Waals surface area contributed by atoms with Crippen LogP contribution in [0.5, 0.6) is 5.75 Å². The van der Waals surface area contributed by atoms with Gasteiger partial charge in [-0.15, -0.1) is 0 Å². The van der Waals surface area contributed by atoms with Crippen LogP contribution in [0.4, 0.5) is 11.4 Å². The molecule has 1 aromatic carbocycles. The van der Waals surface area contributed by atoms with E-state index in [-0.39, 0.29) is 11.8 Å². The van der Waals surface area contributed by atoms with E-state index < -0.39 is 0 Å². The van der Waals surface area contributed by atoms with Crippen molar-refractivity contribution >= 4 is 17.3 Å². The van der Waals surface area contributed by atoms with Gasteiger partial charge in [-0.25, -0.2) is 0 Å². The van der Waals surface area contributed by atoms with Gasteiger partial charge in [0, 0.05) is 6.54 Å². The van der Waals surface area contributed by atoms with Gasteiger partial charge in [-0.2, -0.15) is 0 Å². The van der Waals surface area contributed by atoms with Crippen LogP contribution in [0.15, 0.2) is 18.2 Å². The predicted octanol–water partition coefficient (Wildman–Crippen LogP) is 1.70. The highest BCUT2D eigenvalue weighted by Crippen LogP contribution is 2.34. The SMILES string of the molecule is COc1cccc2c1NCC(C)C(=O)N2. The van der Waals surface area contributed by atoms with Crippen LogP contribution in [0.3, 0.4) is 0 Å². The fourth-order valence-corrected chi connectivity index (χ4v) is 1.59. The normalized spacial score (nSPS) is 19.6. The van der Waals surface area contributed by atoms with E-state index in [1.54, 1.807) is 7.11 Å². The standard InChI is InChI=1S/C11H14N2O2/c1-7-6-12-10-8(13-11(7)14)4-3-5-9(10)15-2/h3-5,7,12H,6H2,1-2H3,(H,13,14). The Hall–Kier alpha value is -1.71. The van der Waals surface area contributed by atoms with Crippen molar-refractivity contribution in [3.8, 4) is 5.75 Å². The summed E-state index contributed by atoms with van der Waals surface area (Å²) in [7, 11) is 1.62. The molecular formula is C11H14N2O2. The third-order valence-corrected chi connectivity index (χ3v) is 2.54. The van der Waals surface area contributed by atoms with Gasteiger partial charge in [0.1, 0.15) is 11.4 Å². The number of amides is 1. The number of nitrogens with one attached hydrogen (secondary N) is 2. The second-order valence-electron chi connectivity index (χ2n) is 3.65. The van der Waals surface area contributed by atoms with Gasteiger partial charge in [-0.1, -0.05) is 13.0 Å². The Labute approximate surface area is 88.6 Å². The molecule has 1 aromatic rings. The summed E-state index contributed by atoms with van der Waals surface area (Å²) < 4.78 is 5.22. The molecule has 0 aliphatic carbocycles. The van der Waals surface area contributed by atoms with Crippen molar-refractivity contribution in [3.05, 3.63) is 18.2 Å². The first-order valence-corrected chi connectivity index (χ1v) is 4.94. The third-order valence-electron chi connectivity index (χ3n) is 2.54. The summed E-state index contributed by atoms with van der Waals surface area (Å²) in [5, 5.41) is 6.08. The summed E-state index contributed by atoms with van der Waals surface area (Å²) in [5.74, 6) is 0.749. The van der Waals surface area contributed by atoms with E-state index in [0.29, 0.717) is 6.54 Å². The Kier molecular flexibility index (Phi) is 2.49. The molecule has 15 heavy (non-hydrogen) atoms. The third kappa shape index (κ3) is 1.75. The highest BCUT2D eigenvalue weighted by atomic mass is 16.5. The fourth-order valence-electron chi connectivity index (χ4n) is 1.59. The Morgan fingerprint density at radius 3 is 3.00 bits per heavy atom. The van der Waals surface area contributed by atoms with Gasteiger partial charge in [0.2, 0.25) is 5.91 Å². The zero-order valence-corrected chi connectivity index (χ0v) is 8.83. The van der Waals surface area contributed by atoms with E-state index in [2.05, 4.69) is 10.6 Å². The maximum Gasteiger partial charge on any atom is 0.229 e. The van der Waals surface area contributed by atoms with Gasteiger partial charge < -0.3 is 15.4 Å². The largest absolute Gasteiger partial charge is 0.495 e. The van der Waals surface area contributed by atoms with Crippen LogP contribution in [-0.2, 0) is 4.79 Å². The summed E-state index contributed by atoms with van der Waals surface area (Å²) in [4.78, 5) is 11.6. The number of hydrogen-bond donors (Lipinski definition) is 2. The minimum atomic E-state index is -0.0397. The molecule has 0 saturated heterocycles. The van der Waals surface area contributed by atoms with E-state index in [9.17, 15) is 4.79 Å². The Bertz CT molecular complexity index is 390. The number of ether oxygens (including phenoxy) is 1. The Balaban J connectivity index is 2.42. The molecule has 1 atom stereocenters. The topological polar surface area (TPSA) is 50.4 Å². The van der Waals surface area contributed by atoms with Gasteiger partial charge >= 0.3 is 0 Å². The molecular weight excluding hydrogens is 192 g/mol. The highest BCUT2D eigenvalue weighted by Gasteiger charge is 2.20. The lowest BCUT2D eigenvalue weighted by Gasteiger charge is -2.11. The monoisotopic (exact) mass is 206 g/mol. The van der Waals surface area contributed by atoms with Crippen molar-refractivity contribution in [1.82, 2.24) is 0 Å². The molecule has 1 amide bonds. The molecule has 80 valence electrons. The lowest BCUT2D eigenvalue weighted by Crippen LogP contribution is -2.22. The van der Waals surface area contributed by atoms with Crippen LogP contribution in [0.1, 0.15) is 6.92 Å². The van der Waals surface area contributed by atoms with Gasteiger partial charge in [-0.05, 0) is 12.1 Å². The first kappa shape index (κ1) is 9.83. The first-order valence-electron chi connectivity index (χ1n) is 4.94. The molecule has 1 unspecified atom stereocenters.